The molecule has 0 aliphatic carbocycles. The maximum Gasteiger partial charge on any atom is 0.306 e. The molecule has 5 nitrogen and oxygen atoms in total. The molecule has 64 heavy (non-hydrogen) atoms. The van der Waals surface area contributed by atoms with Gasteiger partial charge in [-0.3, -0.25) is 9.59 Å². The highest BCUT2D eigenvalue weighted by Crippen LogP contribution is 2.18. The van der Waals surface area contributed by atoms with Gasteiger partial charge in [0.25, 0.3) is 0 Å². The van der Waals surface area contributed by atoms with Crippen molar-refractivity contribution in [2.24, 2.45) is 0 Å². The van der Waals surface area contributed by atoms with Crippen molar-refractivity contribution < 1.29 is 24.2 Å². The van der Waals surface area contributed by atoms with Crippen LogP contribution in [-0.4, -0.2) is 36.4 Å². The van der Waals surface area contributed by atoms with Crippen molar-refractivity contribution in [3.05, 3.63) is 12.2 Å². The van der Waals surface area contributed by atoms with Gasteiger partial charge in [0, 0.05) is 12.8 Å². The van der Waals surface area contributed by atoms with Gasteiger partial charge >= 0.3 is 11.9 Å². The van der Waals surface area contributed by atoms with Gasteiger partial charge in [0.15, 0.2) is 6.10 Å². The van der Waals surface area contributed by atoms with Crippen LogP contribution in [0.15, 0.2) is 12.2 Å². The lowest BCUT2D eigenvalue weighted by molar-refractivity contribution is -0.161. The molecule has 0 aliphatic heterocycles. The minimum Gasteiger partial charge on any atom is -0.462 e. The van der Waals surface area contributed by atoms with Crippen LogP contribution in [-0.2, 0) is 19.1 Å². The first-order valence-corrected chi connectivity index (χ1v) is 29.2. The molecule has 0 fully saturated rings. The smallest absolute Gasteiger partial charge is 0.306 e. The van der Waals surface area contributed by atoms with E-state index < -0.39 is 6.10 Å². The molecule has 0 amide bonds. The molecule has 1 unspecified atom stereocenters. The van der Waals surface area contributed by atoms with Crippen molar-refractivity contribution in [3.8, 4) is 0 Å². The van der Waals surface area contributed by atoms with E-state index in [1.807, 2.05) is 0 Å². The zero-order valence-electron chi connectivity index (χ0n) is 43.6. The van der Waals surface area contributed by atoms with E-state index in [-0.39, 0.29) is 25.2 Å². The number of hydrogen-bond acceptors (Lipinski definition) is 5. The summed E-state index contributed by atoms with van der Waals surface area (Å²) < 4.78 is 10.7. The quantitative estimate of drug-likeness (QED) is 0.0374. The van der Waals surface area contributed by atoms with Crippen LogP contribution in [0.2, 0.25) is 0 Å². The van der Waals surface area contributed by atoms with Crippen molar-refractivity contribution in [3.63, 3.8) is 0 Å². The number of hydrogen-bond donors (Lipinski definition) is 1. The Hall–Kier alpha value is -1.36. The number of aliphatic hydroxyl groups excluding tert-OH is 1. The van der Waals surface area contributed by atoms with Gasteiger partial charge in [0.2, 0.25) is 0 Å². The second-order valence-electron chi connectivity index (χ2n) is 20.1. The third-order valence-electron chi connectivity index (χ3n) is 13.6. The van der Waals surface area contributed by atoms with Crippen LogP contribution in [0.3, 0.4) is 0 Å². The summed E-state index contributed by atoms with van der Waals surface area (Å²) in [5.41, 5.74) is 0. The molecule has 0 saturated heterocycles. The standard InChI is InChI=1S/C59H114O5/c1-3-5-7-9-11-13-15-17-19-21-22-23-24-25-26-27-28-29-30-31-32-33-34-35-36-37-38-40-41-43-45-47-49-51-53-58(61)63-56-57(55-60)64-59(62)54-52-50-48-46-44-42-39-20-18-16-14-12-10-8-6-4-2/h20,39,57,60H,3-19,21-38,40-56H2,1-2H3/b39-20-. The highest BCUT2D eigenvalue weighted by molar-refractivity contribution is 5.70. The van der Waals surface area contributed by atoms with E-state index in [2.05, 4.69) is 26.0 Å². The Kier molecular flexibility index (Phi) is 54.8. The van der Waals surface area contributed by atoms with Crippen LogP contribution in [0.5, 0.6) is 0 Å². The number of carbonyl (C=O) groups is 2. The van der Waals surface area contributed by atoms with E-state index in [0.29, 0.717) is 12.8 Å². The fourth-order valence-corrected chi connectivity index (χ4v) is 9.14. The van der Waals surface area contributed by atoms with Crippen molar-refractivity contribution in [1.29, 1.82) is 0 Å². The molecule has 1 atom stereocenters. The van der Waals surface area contributed by atoms with Crippen LogP contribution in [0.4, 0.5) is 0 Å². The van der Waals surface area contributed by atoms with E-state index in [1.165, 1.54) is 270 Å². The van der Waals surface area contributed by atoms with Gasteiger partial charge in [-0.25, -0.2) is 0 Å². The Labute approximate surface area is 401 Å². The van der Waals surface area contributed by atoms with Crippen molar-refractivity contribution in [1.82, 2.24) is 0 Å². The summed E-state index contributed by atoms with van der Waals surface area (Å²) in [6.07, 6.45) is 69.3. The normalized spacial score (nSPS) is 12.1. The Morgan fingerprint density at radius 1 is 0.344 bits per heavy atom. The summed E-state index contributed by atoms with van der Waals surface area (Å²) in [5.74, 6) is -0.581. The van der Waals surface area contributed by atoms with E-state index in [9.17, 15) is 14.7 Å². The average Bonchev–Trinajstić information content (AvgIpc) is 3.30. The first kappa shape index (κ1) is 62.6. The van der Waals surface area contributed by atoms with Crippen LogP contribution >= 0.6 is 0 Å². The number of carbonyl (C=O) groups excluding carboxylic acids is 2. The lowest BCUT2D eigenvalue weighted by Gasteiger charge is -2.15. The van der Waals surface area contributed by atoms with Gasteiger partial charge in [-0.15, -0.1) is 0 Å². The number of esters is 2. The lowest BCUT2D eigenvalue weighted by Crippen LogP contribution is -2.28. The van der Waals surface area contributed by atoms with Gasteiger partial charge in [0.1, 0.15) is 6.61 Å². The summed E-state index contributed by atoms with van der Waals surface area (Å²) in [5, 5.41) is 9.63. The molecule has 0 aromatic rings. The largest absolute Gasteiger partial charge is 0.462 e. The third-order valence-corrected chi connectivity index (χ3v) is 13.6. The van der Waals surface area contributed by atoms with Crippen molar-refractivity contribution in [2.75, 3.05) is 13.2 Å². The summed E-state index contributed by atoms with van der Waals surface area (Å²) in [6.45, 7) is 4.18. The first-order chi connectivity index (χ1) is 31.6. The van der Waals surface area contributed by atoms with E-state index in [4.69, 9.17) is 9.47 Å². The highest BCUT2D eigenvalue weighted by atomic mass is 16.6. The molecular weight excluding hydrogens is 789 g/mol. The predicted molar refractivity (Wildman–Crippen MR) is 279 cm³/mol. The van der Waals surface area contributed by atoms with Crippen LogP contribution < -0.4 is 0 Å². The summed E-state index contributed by atoms with van der Waals surface area (Å²) in [7, 11) is 0. The zero-order chi connectivity index (χ0) is 46.3. The van der Waals surface area contributed by atoms with Crippen molar-refractivity contribution >= 4 is 11.9 Å². The zero-order valence-corrected chi connectivity index (χ0v) is 43.6. The number of allylic oxidation sites excluding steroid dienone is 2. The predicted octanol–water partition coefficient (Wildman–Crippen LogP) is 19.5. The molecule has 5 heteroatoms. The first-order valence-electron chi connectivity index (χ1n) is 29.2. The van der Waals surface area contributed by atoms with Crippen LogP contribution in [0.1, 0.15) is 335 Å². The summed E-state index contributed by atoms with van der Waals surface area (Å²) in [4.78, 5) is 24.5. The fourth-order valence-electron chi connectivity index (χ4n) is 9.14. The maximum absolute atomic E-state index is 12.2. The number of ether oxygens (including phenoxy) is 2. The molecule has 1 N–H and O–H groups in total. The number of aliphatic hydroxyl groups is 1. The SMILES string of the molecule is CCCCCCCCC/C=C\CCCCCCCC(=O)OC(CO)COC(=O)CCCCCCCCCCCCCCCCCCCCCCCCCCCCCCCCCCCC. The van der Waals surface area contributed by atoms with E-state index in [0.717, 1.165) is 38.5 Å². The minimum atomic E-state index is -0.771. The Morgan fingerprint density at radius 2 is 0.578 bits per heavy atom. The van der Waals surface area contributed by atoms with Crippen molar-refractivity contribution in [2.45, 2.75) is 341 Å². The molecule has 0 saturated carbocycles. The average molecular weight is 904 g/mol. The number of unbranched alkanes of at least 4 members (excludes halogenated alkanes) is 45. The topological polar surface area (TPSA) is 72.8 Å². The van der Waals surface area contributed by atoms with Gasteiger partial charge in [-0.1, -0.05) is 296 Å². The third kappa shape index (κ3) is 53.3. The monoisotopic (exact) mass is 903 g/mol. The minimum absolute atomic E-state index is 0.0623. The molecule has 0 aliphatic rings. The van der Waals surface area contributed by atoms with Crippen LogP contribution in [0, 0.1) is 0 Å². The molecule has 0 heterocycles. The molecule has 0 rings (SSSR count). The van der Waals surface area contributed by atoms with Gasteiger partial charge in [-0.2, -0.15) is 0 Å². The molecule has 0 radical (unpaired) electrons. The van der Waals surface area contributed by atoms with Crippen LogP contribution in [0.25, 0.3) is 0 Å². The van der Waals surface area contributed by atoms with E-state index in [1.54, 1.807) is 0 Å². The molecule has 0 spiro atoms. The van der Waals surface area contributed by atoms with Gasteiger partial charge in [-0.05, 0) is 38.5 Å². The molecule has 0 bridgehead atoms. The summed E-state index contributed by atoms with van der Waals surface area (Å²) in [6, 6.07) is 0. The Morgan fingerprint density at radius 3 is 0.844 bits per heavy atom. The van der Waals surface area contributed by atoms with Gasteiger partial charge < -0.3 is 14.6 Å². The Balaban J connectivity index is 3.36. The second kappa shape index (κ2) is 56.0. The highest BCUT2D eigenvalue weighted by Gasteiger charge is 2.16. The molecule has 0 aromatic carbocycles. The molecule has 0 aromatic heterocycles. The maximum atomic E-state index is 12.2. The molecular formula is C59H114O5. The van der Waals surface area contributed by atoms with Gasteiger partial charge in [0.05, 0.1) is 6.61 Å². The number of rotatable bonds is 55. The fraction of sp³-hybridized carbons (Fsp3) is 0.932. The Bertz CT molecular complexity index is 932. The molecule has 380 valence electrons. The second-order valence-corrected chi connectivity index (χ2v) is 20.1. The lowest BCUT2D eigenvalue weighted by atomic mass is 10.0. The summed E-state index contributed by atoms with van der Waals surface area (Å²) >= 11 is 0. The van der Waals surface area contributed by atoms with E-state index >= 15 is 0 Å².